The molecule has 0 heterocycles. The summed E-state index contributed by atoms with van der Waals surface area (Å²) in [4.78, 5) is 0. The van der Waals surface area contributed by atoms with E-state index in [0.717, 1.165) is 12.0 Å². The van der Waals surface area contributed by atoms with Crippen molar-refractivity contribution in [2.45, 2.75) is 20.3 Å². The smallest absolute Gasteiger partial charge is 0.169 e. The zero-order valence-electron chi connectivity index (χ0n) is 13.0. The van der Waals surface area contributed by atoms with Gasteiger partial charge in [0.1, 0.15) is 5.76 Å². The second-order valence-electron chi connectivity index (χ2n) is 4.51. The molecule has 2 N–H and O–H groups in total. The molecule has 112 valence electrons. The van der Waals surface area contributed by atoms with E-state index in [1.54, 1.807) is 13.2 Å². The van der Waals surface area contributed by atoms with Crippen LogP contribution in [0.4, 0.5) is 0 Å². The van der Waals surface area contributed by atoms with E-state index in [4.69, 9.17) is 15.2 Å². The normalized spacial score (nSPS) is 11.5. The molecule has 0 bridgehead atoms. The highest BCUT2D eigenvalue weighted by molar-refractivity contribution is 5.45. The van der Waals surface area contributed by atoms with E-state index in [1.807, 2.05) is 37.3 Å². The fraction of sp³-hybridized carbons (Fsp3) is 0.222. The number of allylic oxidation sites excluding steroid dienone is 3. The van der Waals surface area contributed by atoms with Crippen LogP contribution < -0.4 is 15.2 Å². The van der Waals surface area contributed by atoms with Gasteiger partial charge in [0, 0.05) is 5.70 Å². The van der Waals surface area contributed by atoms with Crippen molar-refractivity contribution >= 4 is 0 Å². The van der Waals surface area contributed by atoms with Crippen LogP contribution in [0, 0.1) is 0 Å². The Bertz CT molecular complexity index is 583. The lowest BCUT2D eigenvalue weighted by molar-refractivity contribution is 0.368. The molecule has 0 aromatic heterocycles. The van der Waals surface area contributed by atoms with Crippen LogP contribution in [-0.2, 0) is 6.42 Å². The molecular weight excluding hydrogens is 262 g/mol. The lowest BCUT2D eigenvalue weighted by Crippen LogP contribution is -1.98. The van der Waals surface area contributed by atoms with Gasteiger partial charge in [0.05, 0.1) is 7.11 Å². The molecule has 0 unspecified atom stereocenters. The number of rotatable bonds is 7. The third-order valence-electron chi connectivity index (χ3n) is 3.01. The molecule has 0 spiro atoms. The number of ether oxygens (including phenoxy) is 2. The monoisotopic (exact) mass is 285 g/mol. The summed E-state index contributed by atoms with van der Waals surface area (Å²) in [6, 6.07) is 5.86. The molecule has 0 aliphatic rings. The van der Waals surface area contributed by atoms with Crippen molar-refractivity contribution in [3.05, 3.63) is 72.2 Å². The van der Waals surface area contributed by atoms with E-state index in [9.17, 15) is 0 Å². The Morgan fingerprint density at radius 2 is 1.95 bits per heavy atom. The lowest BCUT2D eigenvalue weighted by Gasteiger charge is -2.11. The molecule has 0 radical (unpaired) electrons. The molecule has 1 aromatic carbocycles. The van der Waals surface area contributed by atoms with E-state index in [1.165, 1.54) is 5.56 Å². The van der Waals surface area contributed by atoms with E-state index in [-0.39, 0.29) is 0 Å². The van der Waals surface area contributed by atoms with Gasteiger partial charge in [-0.2, -0.15) is 0 Å². The maximum absolute atomic E-state index is 5.71. The zero-order valence-corrected chi connectivity index (χ0v) is 13.0. The minimum Gasteiger partial charge on any atom is -0.493 e. The molecule has 3 heteroatoms. The minimum atomic E-state index is 0.498. The second kappa shape index (κ2) is 8.00. The first-order chi connectivity index (χ1) is 10.0. The molecule has 0 aliphatic heterocycles. The molecule has 1 aromatic rings. The predicted octanol–water partition coefficient (Wildman–Crippen LogP) is 4.13. The first-order valence-corrected chi connectivity index (χ1v) is 6.84. The van der Waals surface area contributed by atoms with Gasteiger partial charge in [0.2, 0.25) is 0 Å². The van der Waals surface area contributed by atoms with Crippen LogP contribution in [-0.4, -0.2) is 7.11 Å². The summed E-state index contributed by atoms with van der Waals surface area (Å²) in [5.74, 6) is 1.83. The second-order valence-corrected chi connectivity index (χ2v) is 4.51. The number of benzene rings is 1. The molecule has 21 heavy (non-hydrogen) atoms. The highest BCUT2D eigenvalue weighted by Gasteiger charge is 2.06. The van der Waals surface area contributed by atoms with Crippen LogP contribution in [0.5, 0.6) is 11.5 Å². The van der Waals surface area contributed by atoms with Crippen molar-refractivity contribution in [3.63, 3.8) is 0 Å². The number of aryl methyl sites for hydroxylation is 1. The number of methoxy groups -OCH3 is 1. The van der Waals surface area contributed by atoms with Crippen molar-refractivity contribution < 1.29 is 9.47 Å². The Morgan fingerprint density at radius 3 is 2.48 bits per heavy atom. The van der Waals surface area contributed by atoms with Crippen molar-refractivity contribution in [2.24, 2.45) is 5.73 Å². The molecule has 0 amide bonds. The van der Waals surface area contributed by atoms with Crippen LogP contribution in [0.2, 0.25) is 0 Å². The zero-order chi connectivity index (χ0) is 15.8. The Labute approximate surface area is 127 Å². The molecule has 0 atom stereocenters. The van der Waals surface area contributed by atoms with Crippen LogP contribution in [0.15, 0.2) is 66.6 Å². The number of hydrogen-bond acceptors (Lipinski definition) is 3. The molecule has 1 rings (SSSR count). The van der Waals surface area contributed by atoms with Gasteiger partial charge in [-0.25, -0.2) is 0 Å². The van der Waals surface area contributed by atoms with Crippen molar-refractivity contribution in [1.82, 2.24) is 0 Å². The van der Waals surface area contributed by atoms with E-state index in [2.05, 4.69) is 20.1 Å². The van der Waals surface area contributed by atoms with E-state index in [0.29, 0.717) is 23.0 Å². The predicted molar refractivity (Wildman–Crippen MR) is 88.4 cm³/mol. The average Bonchev–Trinajstić information content (AvgIpc) is 2.47. The minimum absolute atomic E-state index is 0.498. The molecule has 0 aliphatic carbocycles. The van der Waals surface area contributed by atoms with Gasteiger partial charge in [0.15, 0.2) is 11.5 Å². The fourth-order valence-electron chi connectivity index (χ4n) is 1.76. The van der Waals surface area contributed by atoms with Crippen LogP contribution >= 0.6 is 0 Å². The van der Waals surface area contributed by atoms with E-state index < -0.39 is 0 Å². The third-order valence-corrected chi connectivity index (χ3v) is 3.01. The van der Waals surface area contributed by atoms with Gasteiger partial charge in [-0.05, 0) is 48.8 Å². The number of hydrogen-bond donors (Lipinski definition) is 1. The summed E-state index contributed by atoms with van der Waals surface area (Å²) in [6.45, 7) is 11.6. The Morgan fingerprint density at radius 1 is 1.24 bits per heavy atom. The summed E-state index contributed by atoms with van der Waals surface area (Å²) in [6.07, 6.45) is 6.39. The highest BCUT2D eigenvalue weighted by Crippen LogP contribution is 2.29. The summed E-state index contributed by atoms with van der Waals surface area (Å²) in [7, 11) is 1.62. The van der Waals surface area contributed by atoms with Gasteiger partial charge < -0.3 is 15.2 Å². The average molecular weight is 285 g/mol. The SMILES string of the molecule is C=C(/C=C\C(=C/C)C(=C)N)Oc1ccc(CC)cc1OC. The molecular formula is C18H23NO2. The van der Waals surface area contributed by atoms with Gasteiger partial charge in [-0.1, -0.05) is 32.2 Å². The van der Waals surface area contributed by atoms with Gasteiger partial charge in [0.25, 0.3) is 0 Å². The Hall–Kier alpha value is -2.42. The van der Waals surface area contributed by atoms with Crippen molar-refractivity contribution in [3.8, 4) is 11.5 Å². The lowest BCUT2D eigenvalue weighted by atomic mass is 10.1. The molecule has 0 saturated carbocycles. The topological polar surface area (TPSA) is 44.5 Å². The van der Waals surface area contributed by atoms with Gasteiger partial charge in [-0.3, -0.25) is 0 Å². The van der Waals surface area contributed by atoms with Gasteiger partial charge >= 0.3 is 0 Å². The first-order valence-electron chi connectivity index (χ1n) is 6.84. The summed E-state index contributed by atoms with van der Waals surface area (Å²) >= 11 is 0. The Kier molecular flexibility index (Phi) is 6.34. The summed E-state index contributed by atoms with van der Waals surface area (Å²) in [5.41, 5.74) is 8.20. The van der Waals surface area contributed by atoms with Crippen LogP contribution in [0.3, 0.4) is 0 Å². The molecule has 0 fully saturated rings. The third kappa shape index (κ3) is 4.88. The number of nitrogens with two attached hydrogens (primary N) is 1. The fourth-order valence-corrected chi connectivity index (χ4v) is 1.76. The van der Waals surface area contributed by atoms with Crippen LogP contribution in [0.25, 0.3) is 0 Å². The summed E-state index contributed by atoms with van der Waals surface area (Å²) < 4.78 is 11.0. The molecule has 0 saturated heterocycles. The van der Waals surface area contributed by atoms with Crippen molar-refractivity contribution in [1.29, 1.82) is 0 Å². The summed E-state index contributed by atoms with van der Waals surface area (Å²) in [5, 5.41) is 0. The quantitative estimate of drug-likeness (QED) is 0.605. The standard InChI is InChI=1S/C18H23NO2/c1-6-15-9-11-17(18(12-15)20-5)21-13(3)8-10-16(7-2)14(4)19/h7-12H,3-4,6,19H2,1-2,5H3/b10-8-,16-7+. The first kappa shape index (κ1) is 16.6. The van der Waals surface area contributed by atoms with Gasteiger partial charge in [-0.15, -0.1) is 0 Å². The van der Waals surface area contributed by atoms with Crippen LogP contribution in [0.1, 0.15) is 19.4 Å². The highest BCUT2D eigenvalue weighted by atomic mass is 16.5. The maximum Gasteiger partial charge on any atom is 0.169 e. The van der Waals surface area contributed by atoms with E-state index >= 15 is 0 Å². The Balaban J connectivity index is 2.84. The largest absolute Gasteiger partial charge is 0.493 e. The van der Waals surface area contributed by atoms with Crippen molar-refractivity contribution in [2.75, 3.05) is 7.11 Å². The maximum atomic E-state index is 5.71. The molecule has 3 nitrogen and oxygen atoms in total.